The molecule has 222 valence electrons. The van der Waals surface area contributed by atoms with Gasteiger partial charge < -0.3 is 26.1 Å². The Morgan fingerprint density at radius 3 is 2.50 bits per heavy atom. The number of anilines is 1. The van der Waals surface area contributed by atoms with Gasteiger partial charge in [-0.15, -0.1) is 0 Å². The van der Waals surface area contributed by atoms with Gasteiger partial charge in [0.25, 0.3) is 0 Å². The van der Waals surface area contributed by atoms with E-state index in [0.717, 1.165) is 58.2 Å². The predicted molar refractivity (Wildman–Crippen MR) is 165 cm³/mol. The number of amides is 2. The average Bonchev–Trinajstić information content (AvgIpc) is 3.52. The van der Waals surface area contributed by atoms with Gasteiger partial charge in [-0.1, -0.05) is 55.8 Å². The SMILES string of the molecule is CCCCc1nc2c(N)nc3ccccc3c2n1Cc1ccc(CNC(=O)[C@@H]2C[C@@H](N)CN2C(=O)OC(C)(C)C)cc1. The first-order valence-corrected chi connectivity index (χ1v) is 14.7. The molecular weight excluding hydrogens is 530 g/mol. The van der Waals surface area contributed by atoms with Gasteiger partial charge in [0, 0.05) is 37.5 Å². The van der Waals surface area contributed by atoms with E-state index in [1.54, 1.807) is 20.8 Å². The third-order valence-electron chi connectivity index (χ3n) is 7.54. The number of benzene rings is 2. The third-order valence-corrected chi connectivity index (χ3v) is 7.54. The number of nitrogens with two attached hydrogens (primary N) is 2. The summed E-state index contributed by atoms with van der Waals surface area (Å²) in [5.41, 5.74) is 16.5. The normalized spacial score (nSPS) is 17.2. The molecule has 5 N–H and O–H groups in total. The van der Waals surface area contributed by atoms with Crippen molar-refractivity contribution in [3.63, 3.8) is 0 Å². The van der Waals surface area contributed by atoms with Gasteiger partial charge in [-0.2, -0.15) is 0 Å². The highest BCUT2D eigenvalue weighted by molar-refractivity contribution is 6.06. The van der Waals surface area contributed by atoms with Crippen molar-refractivity contribution >= 4 is 39.8 Å². The molecule has 0 radical (unpaired) electrons. The third kappa shape index (κ3) is 6.33. The van der Waals surface area contributed by atoms with Crippen molar-refractivity contribution in [3.8, 4) is 0 Å². The number of hydrogen-bond acceptors (Lipinski definition) is 7. The molecule has 1 saturated heterocycles. The molecule has 2 aromatic heterocycles. The Kier molecular flexibility index (Phi) is 8.36. The molecule has 2 aromatic carbocycles. The second kappa shape index (κ2) is 12.0. The monoisotopic (exact) mass is 571 g/mol. The van der Waals surface area contributed by atoms with Crippen molar-refractivity contribution in [1.82, 2.24) is 24.8 Å². The van der Waals surface area contributed by atoms with Gasteiger partial charge in [-0.3, -0.25) is 9.69 Å². The van der Waals surface area contributed by atoms with Gasteiger partial charge in [-0.25, -0.2) is 14.8 Å². The van der Waals surface area contributed by atoms with Crippen LogP contribution in [0.4, 0.5) is 10.6 Å². The number of nitrogen functional groups attached to an aromatic ring is 1. The quantitative estimate of drug-likeness (QED) is 0.282. The van der Waals surface area contributed by atoms with Gasteiger partial charge in [0.1, 0.15) is 23.0 Å². The Morgan fingerprint density at radius 1 is 1.07 bits per heavy atom. The van der Waals surface area contributed by atoms with Crippen molar-refractivity contribution < 1.29 is 14.3 Å². The molecule has 5 rings (SSSR count). The molecule has 3 heterocycles. The van der Waals surface area contributed by atoms with Crippen LogP contribution in [-0.4, -0.2) is 55.7 Å². The summed E-state index contributed by atoms with van der Waals surface area (Å²) < 4.78 is 7.75. The highest BCUT2D eigenvalue weighted by Crippen LogP contribution is 2.30. The molecule has 0 spiro atoms. The molecule has 0 aliphatic carbocycles. The van der Waals surface area contributed by atoms with Crippen LogP contribution in [0.3, 0.4) is 0 Å². The van der Waals surface area contributed by atoms with E-state index in [1.165, 1.54) is 4.90 Å². The van der Waals surface area contributed by atoms with Crippen molar-refractivity contribution in [2.75, 3.05) is 12.3 Å². The zero-order chi connectivity index (χ0) is 30.0. The Labute approximate surface area is 246 Å². The van der Waals surface area contributed by atoms with Crippen LogP contribution < -0.4 is 16.8 Å². The lowest BCUT2D eigenvalue weighted by Crippen LogP contribution is -2.47. The molecule has 10 heteroatoms. The number of hydrogen-bond donors (Lipinski definition) is 3. The van der Waals surface area contributed by atoms with E-state index in [-0.39, 0.29) is 11.9 Å². The van der Waals surface area contributed by atoms with Gasteiger partial charge in [0.2, 0.25) is 5.91 Å². The lowest BCUT2D eigenvalue weighted by atomic mass is 10.1. The van der Waals surface area contributed by atoms with E-state index in [1.807, 2.05) is 30.3 Å². The second-order valence-electron chi connectivity index (χ2n) is 12.1. The number of rotatable bonds is 8. The maximum absolute atomic E-state index is 13.1. The molecule has 10 nitrogen and oxygen atoms in total. The summed E-state index contributed by atoms with van der Waals surface area (Å²) in [4.78, 5) is 36.7. The van der Waals surface area contributed by atoms with Crippen LogP contribution in [0.1, 0.15) is 63.9 Å². The van der Waals surface area contributed by atoms with Gasteiger partial charge in [0.15, 0.2) is 5.82 Å². The highest BCUT2D eigenvalue weighted by Gasteiger charge is 2.40. The smallest absolute Gasteiger partial charge is 0.411 e. The number of carbonyl (C=O) groups excluding carboxylic acids is 2. The highest BCUT2D eigenvalue weighted by atomic mass is 16.6. The standard InChI is InChI=1S/C32H41N7O3/c1-5-6-11-26-37-27-28(23-9-7-8-10-24(23)36-29(27)34)39(26)18-21-14-12-20(13-15-21)17-35-30(40)25-16-22(33)19-38(25)31(41)42-32(2,3)4/h7-10,12-15,22,25H,5-6,11,16-19,33H2,1-4H3,(H2,34,36)(H,35,40)/t22-,25+/m1/s1. The van der Waals surface area contributed by atoms with Crippen LogP contribution in [0.15, 0.2) is 48.5 Å². The lowest BCUT2D eigenvalue weighted by molar-refractivity contribution is -0.125. The largest absolute Gasteiger partial charge is 0.444 e. The lowest BCUT2D eigenvalue weighted by Gasteiger charge is -2.28. The number of fused-ring (bicyclic) bond motifs is 3. The van der Waals surface area contributed by atoms with E-state index >= 15 is 0 Å². The topological polar surface area (TPSA) is 141 Å². The Morgan fingerprint density at radius 2 is 1.79 bits per heavy atom. The van der Waals surface area contributed by atoms with E-state index < -0.39 is 17.7 Å². The number of nitrogens with zero attached hydrogens (tertiary/aromatic N) is 4. The number of ether oxygens (including phenoxy) is 1. The summed E-state index contributed by atoms with van der Waals surface area (Å²) >= 11 is 0. The van der Waals surface area contributed by atoms with Crippen molar-refractivity contribution in [1.29, 1.82) is 0 Å². The van der Waals surface area contributed by atoms with Crippen molar-refractivity contribution in [2.45, 2.75) is 84.2 Å². The first kappa shape index (κ1) is 29.3. The molecule has 4 aromatic rings. The minimum Gasteiger partial charge on any atom is -0.444 e. The summed E-state index contributed by atoms with van der Waals surface area (Å²) in [6.45, 7) is 8.85. The maximum atomic E-state index is 13.1. The van der Waals surface area contributed by atoms with Gasteiger partial charge in [0.05, 0.1) is 11.0 Å². The number of nitrogens with one attached hydrogen (secondary N) is 1. The van der Waals surface area contributed by atoms with Crippen LogP contribution in [0.25, 0.3) is 21.9 Å². The Hall–Kier alpha value is -4.18. The first-order chi connectivity index (χ1) is 20.0. The number of imidazole rings is 1. The minimum atomic E-state index is -0.651. The molecule has 0 saturated carbocycles. The molecule has 1 fully saturated rings. The predicted octanol–water partition coefficient (Wildman–Crippen LogP) is 4.51. The molecule has 0 unspecified atom stereocenters. The van der Waals surface area contributed by atoms with E-state index in [0.29, 0.717) is 31.9 Å². The van der Waals surface area contributed by atoms with Crippen LogP contribution in [0, 0.1) is 0 Å². The van der Waals surface area contributed by atoms with Crippen LogP contribution in [-0.2, 0) is 29.0 Å². The molecule has 1 aliphatic heterocycles. The van der Waals surface area contributed by atoms with Gasteiger partial charge in [-0.05, 0) is 50.8 Å². The molecular formula is C32H41N7O3. The first-order valence-electron chi connectivity index (χ1n) is 14.7. The molecule has 2 atom stereocenters. The zero-order valence-electron chi connectivity index (χ0n) is 24.9. The van der Waals surface area contributed by atoms with E-state index in [9.17, 15) is 9.59 Å². The Bertz CT molecular complexity index is 1590. The summed E-state index contributed by atoms with van der Waals surface area (Å²) in [5.74, 6) is 1.21. The minimum absolute atomic E-state index is 0.235. The van der Waals surface area contributed by atoms with Crippen molar-refractivity contribution in [2.24, 2.45) is 5.73 Å². The van der Waals surface area contributed by atoms with Crippen LogP contribution in [0.5, 0.6) is 0 Å². The average molecular weight is 572 g/mol. The van der Waals surface area contributed by atoms with Crippen LogP contribution >= 0.6 is 0 Å². The van der Waals surface area contributed by atoms with E-state index in [2.05, 4.69) is 40.0 Å². The number of para-hydroxylation sites is 1. The maximum Gasteiger partial charge on any atom is 0.411 e. The number of carbonyl (C=O) groups is 2. The van der Waals surface area contributed by atoms with Crippen LogP contribution in [0.2, 0.25) is 0 Å². The second-order valence-corrected chi connectivity index (χ2v) is 12.1. The fourth-order valence-corrected chi connectivity index (χ4v) is 5.49. The number of unbranched alkanes of at least 4 members (excludes halogenated alkanes) is 1. The molecule has 0 bridgehead atoms. The summed E-state index contributed by atoms with van der Waals surface area (Å²) in [6.07, 6.45) is 2.84. The fraction of sp³-hybridized carbons (Fsp3) is 0.438. The summed E-state index contributed by atoms with van der Waals surface area (Å²) in [7, 11) is 0. The number of pyridine rings is 1. The number of aromatic nitrogens is 3. The zero-order valence-corrected chi connectivity index (χ0v) is 24.9. The molecule has 1 aliphatic rings. The molecule has 2 amide bonds. The van der Waals surface area contributed by atoms with Gasteiger partial charge >= 0.3 is 6.09 Å². The van der Waals surface area contributed by atoms with Crippen molar-refractivity contribution in [3.05, 3.63) is 65.5 Å². The summed E-state index contributed by atoms with van der Waals surface area (Å²) in [6, 6.07) is 15.3. The van der Waals surface area contributed by atoms with E-state index in [4.69, 9.17) is 21.2 Å². The number of likely N-dealkylation sites (tertiary alicyclic amines) is 1. The Balaban J connectivity index is 1.31. The molecule has 42 heavy (non-hydrogen) atoms. The number of aryl methyl sites for hydroxylation is 1. The fourth-order valence-electron chi connectivity index (χ4n) is 5.49. The summed E-state index contributed by atoms with van der Waals surface area (Å²) in [5, 5.41) is 4.01.